The first kappa shape index (κ1) is 13.9. The van der Waals surface area contributed by atoms with Gasteiger partial charge in [-0.05, 0) is 12.5 Å². The Morgan fingerprint density at radius 3 is 2.63 bits per heavy atom. The van der Waals surface area contributed by atoms with E-state index < -0.39 is 0 Å². The molecular weight excluding hydrogens is 306 g/mol. The molecule has 19 heavy (non-hydrogen) atoms. The number of nitrogens with zero attached hydrogens (tertiary/aromatic N) is 1. The molecule has 0 amide bonds. The fourth-order valence-corrected chi connectivity index (χ4v) is 2.36. The van der Waals surface area contributed by atoms with Crippen LogP contribution in [0.4, 0.5) is 0 Å². The summed E-state index contributed by atoms with van der Waals surface area (Å²) in [5, 5.41) is 0.845. The van der Waals surface area contributed by atoms with Crippen molar-refractivity contribution < 1.29 is 9.53 Å². The van der Waals surface area contributed by atoms with E-state index in [-0.39, 0.29) is 5.97 Å². The second kappa shape index (κ2) is 6.57. The molecule has 0 bridgehead atoms. The van der Waals surface area contributed by atoms with Crippen LogP contribution in [0.1, 0.15) is 17.3 Å². The minimum absolute atomic E-state index is 0.269. The molecule has 0 aliphatic heterocycles. The van der Waals surface area contributed by atoms with Gasteiger partial charge in [-0.25, -0.2) is 4.79 Å². The first-order valence-corrected chi connectivity index (χ1v) is 7.36. The molecule has 0 fully saturated rings. The summed E-state index contributed by atoms with van der Waals surface area (Å²) in [7, 11) is 0. The molecule has 0 atom stereocenters. The van der Waals surface area contributed by atoms with Gasteiger partial charge in [-0.15, -0.1) is 0 Å². The summed E-state index contributed by atoms with van der Waals surface area (Å²) in [5.41, 5.74) is 2.56. The minimum Gasteiger partial charge on any atom is -0.462 e. The monoisotopic (exact) mass is 321 g/mol. The van der Waals surface area contributed by atoms with Gasteiger partial charge in [-0.1, -0.05) is 46.3 Å². The Kier molecular flexibility index (Phi) is 4.80. The van der Waals surface area contributed by atoms with Crippen LogP contribution in [0.15, 0.2) is 42.7 Å². The lowest BCUT2D eigenvalue weighted by molar-refractivity contribution is 0.0527. The fourth-order valence-electron chi connectivity index (χ4n) is 1.95. The number of alkyl halides is 1. The van der Waals surface area contributed by atoms with E-state index in [1.807, 2.05) is 54.2 Å². The Labute approximate surface area is 121 Å². The van der Waals surface area contributed by atoms with Crippen molar-refractivity contribution in [1.29, 1.82) is 0 Å². The minimum atomic E-state index is -0.269. The van der Waals surface area contributed by atoms with Crippen molar-refractivity contribution in [2.75, 3.05) is 11.9 Å². The SMILES string of the molecule is CCOC(=O)c1cn(CCBr)cc1-c1ccccc1. The van der Waals surface area contributed by atoms with Crippen LogP contribution in [0.25, 0.3) is 11.1 Å². The Hall–Kier alpha value is -1.55. The summed E-state index contributed by atoms with van der Waals surface area (Å²) >= 11 is 3.41. The molecule has 4 heteroatoms. The number of ether oxygens (including phenoxy) is 1. The van der Waals surface area contributed by atoms with E-state index >= 15 is 0 Å². The number of halogens is 1. The third kappa shape index (κ3) is 3.26. The largest absolute Gasteiger partial charge is 0.462 e. The molecular formula is C15H16BrNO2. The maximum Gasteiger partial charge on any atom is 0.340 e. The van der Waals surface area contributed by atoms with E-state index in [1.54, 1.807) is 0 Å². The van der Waals surface area contributed by atoms with E-state index in [0.717, 1.165) is 23.0 Å². The molecule has 0 saturated heterocycles. The number of hydrogen-bond acceptors (Lipinski definition) is 2. The number of carbonyl (C=O) groups excluding carboxylic acids is 1. The predicted molar refractivity (Wildman–Crippen MR) is 79.6 cm³/mol. The molecule has 100 valence electrons. The lowest BCUT2D eigenvalue weighted by atomic mass is 10.1. The van der Waals surface area contributed by atoms with Crippen molar-refractivity contribution in [1.82, 2.24) is 4.57 Å². The Bertz CT molecular complexity index is 549. The average Bonchev–Trinajstić information content (AvgIpc) is 2.85. The normalized spacial score (nSPS) is 10.4. The van der Waals surface area contributed by atoms with Crippen LogP contribution in [0, 0.1) is 0 Å². The van der Waals surface area contributed by atoms with Crippen molar-refractivity contribution >= 4 is 21.9 Å². The van der Waals surface area contributed by atoms with Gasteiger partial charge in [0, 0.05) is 29.8 Å². The molecule has 1 aromatic carbocycles. The van der Waals surface area contributed by atoms with Gasteiger partial charge in [0.05, 0.1) is 12.2 Å². The second-order valence-corrected chi connectivity index (χ2v) is 4.89. The third-order valence-electron chi connectivity index (χ3n) is 2.80. The highest BCUT2D eigenvalue weighted by Gasteiger charge is 2.16. The standard InChI is InChI=1S/C15H16BrNO2/c1-2-19-15(18)14-11-17(9-8-16)10-13(14)12-6-4-3-5-7-12/h3-7,10-11H,2,8-9H2,1H3. The highest BCUT2D eigenvalue weighted by molar-refractivity contribution is 9.09. The average molecular weight is 322 g/mol. The highest BCUT2D eigenvalue weighted by atomic mass is 79.9. The van der Waals surface area contributed by atoms with Crippen molar-refractivity contribution in [3.05, 3.63) is 48.3 Å². The van der Waals surface area contributed by atoms with E-state index in [1.165, 1.54) is 0 Å². The molecule has 0 saturated carbocycles. The first-order valence-electron chi connectivity index (χ1n) is 6.24. The van der Waals surface area contributed by atoms with Crippen LogP contribution in [0.2, 0.25) is 0 Å². The van der Waals surface area contributed by atoms with Gasteiger partial charge in [0.2, 0.25) is 0 Å². The van der Waals surface area contributed by atoms with Crippen LogP contribution in [0.5, 0.6) is 0 Å². The molecule has 1 aromatic heterocycles. The van der Waals surface area contributed by atoms with Crippen LogP contribution in [0.3, 0.4) is 0 Å². The maximum absolute atomic E-state index is 12.0. The molecule has 3 nitrogen and oxygen atoms in total. The van der Waals surface area contributed by atoms with Crippen LogP contribution in [-0.2, 0) is 11.3 Å². The summed E-state index contributed by atoms with van der Waals surface area (Å²) in [6, 6.07) is 9.88. The number of esters is 1. The maximum atomic E-state index is 12.0. The molecule has 2 rings (SSSR count). The molecule has 2 aromatic rings. The van der Waals surface area contributed by atoms with Gasteiger partial charge in [-0.2, -0.15) is 0 Å². The quantitative estimate of drug-likeness (QED) is 0.620. The van der Waals surface area contributed by atoms with Gasteiger partial charge >= 0.3 is 5.97 Å². The zero-order valence-electron chi connectivity index (χ0n) is 10.8. The number of hydrogen-bond donors (Lipinski definition) is 0. The lowest BCUT2D eigenvalue weighted by Gasteiger charge is -2.03. The molecule has 0 unspecified atom stereocenters. The highest BCUT2D eigenvalue weighted by Crippen LogP contribution is 2.25. The smallest absolute Gasteiger partial charge is 0.340 e. The van der Waals surface area contributed by atoms with Crippen molar-refractivity contribution in [3.63, 3.8) is 0 Å². The van der Waals surface area contributed by atoms with Crippen molar-refractivity contribution in [3.8, 4) is 11.1 Å². The predicted octanol–water partition coefficient (Wildman–Crippen LogP) is 3.73. The van der Waals surface area contributed by atoms with E-state index in [0.29, 0.717) is 12.2 Å². The number of rotatable bonds is 5. The number of aromatic nitrogens is 1. The summed E-state index contributed by atoms with van der Waals surface area (Å²) in [6.07, 6.45) is 3.84. The molecule has 0 N–H and O–H groups in total. The van der Waals surface area contributed by atoms with Gasteiger partial charge < -0.3 is 9.30 Å². The van der Waals surface area contributed by atoms with Crippen LogP contribution in [-0.4, -0.2) is 22.5 Å². The van der Waals surface area contributed by atoms with Gasteiger partial charge in [0.15, 0.2) is 0 Å². The zero-order valence-corrected chi connectivity index (χ0v) is 12.4. The fraction of sp³-hybridized carbons (Fsp3) is 0.267. The zero-order chi connectivity index (χ0) is 13.7. The van der Waals surface area contributed by atoms with Crippen molar-refractivity contribution in [2.24, 2.45) is 0 Å². The molecule has 0 aliphatic carbocycles. The Morgan fingerprint density at radius 2 is 2.00 bits per heavy atom. The lowest BCUT2D eigenvalue weighted by Crippen LogP contribution is -2.05. The van der Waals surface area contributed by atoms with Gasteiger partial charge in [0.1, 0.15) is 0 Å². The third-order valence-corrected chi connectivity index (χ3v) is 3.16. The number of aryl methyl sites for hydroxylation is 1. The van der Waals surface area contributed by atoms with Gasteiger partial charge in [-0.3, -0.25) is 0 Å². The summed E-state index contributed by atoms with van der Waals surface area (Å²) in [5.74, 6) is -0.269. The molecule has 0 spiro atoms. The first-order chi connectivity index (χ1) is 9.26. The van der Waals surface area contributed by atoms with E-state index in [2.05, 4.69) is 15.9 Å². The Balaban J connectivity index is 2.42. The van der Waals surface area contributed by atoms with Crippen molar-refractivity contribution in [2.45, 2.75) is 13.5 Å². The second-order valence-electron chi connectivity index (χ2n) is 4.10. The van der Waals surface area contributed by atoms with Gasteiger partial charge in [0.25, 0.3) is 0 Å². The number of benzene rings is 1. The molecule has 0 aliphatic rings. The number of carbonyl (C=O) groups is 1. The van der Waals surface area contributed by atoms with Crippen LogP contribution < -0.4 is 0 Å². The van der Waals surface area contributed by atoms with E-state index in [9.17, 15) is 4.79 Å². The Morgan fingerprint density at radius 1 is 1.26 bits per heavy atom. The molecule has 1 heterocycles. The molecule has 0 radical (unpaired) electrons. The van der Waals surface area contributed by atoms with Crippen LogP contribution >= 0.6 is 15.9 Å². The topological polar surface area (TPSA) is 31.2 Å². The summed E-state index contributed by atoms with van der Waals surface area (Å²) in [6.45, 7) is 3.02. The van der Waals surface area contributed by atoms with E-state index in [4.69, 9.17) is 4.74 Å². The summed E-state index contributed by atoms with van der Waals surface area (Å²) < 4.78 is 7.12. The summed E-state index contributed by atoms with van der Waals surface area (Å²) in [4.78, 5) is 12.0.